The molecule has 3 rings (SSSR count). The molecule has 1 atom stereocenters. The summed E-state index contributed by atoms with van der Waals surface area (Å²) >= 11 is 0. The van der Waals surface area contributed by atoms with Gasteiger partial charge in [-0.3, -0.25) is 9.59 Å². The van der Waals surface area contributed by atoms with Crippen LogP contribution in [-0.2, 0) is 9.59 Å². The number of aliphatic hydroxyl groups is 1. The monoisotopic (exact) mass is 453 g/mol. The number of ketones is 1. The number of aliphatic hydroxyl groups excluding tert-OH is 1. The summed E-state index contributed by atoms with van der Waals surface area (Å²) in [7, 11) is 3.87. The Bertz CT molecular complexity index is 1010. The van der Waals surface area contributed by atoms with Gasteiger partial charge in [0.15, 0.2) is 0 Å². The largest absolute Gasteiger partial charge is 0.507 e. The lowest BCUT2D eigenvalue weighted by Crippen LogP contribution is -2.33. The molecular formula is C26H32FN3O3. The summed E-state index contributed by atoms with van der Waals surface area (Å²) in [4.78, 5) is 31.9. The zero-order valence-electron chi connectivity index (χ0n) is 19.7. The lowest BCUT2D eigenvalue weighted by Gasteiger charge is -2.27. The van der Waals surface area contributed by atoms with E-state index in [9.17, 15) is 19.1 Å². The van der Waals surface area contributed by atoms with Gasteiger partial charge in [0, 0.05) is 31.9 Å². The number of rotatable bonds is 9. The van der Waals surface area contributed by atoms with Crippen LogP contribution < -0.4 is 4.90 Å². The number of anilines is 1. The van der Waals surface area contributed by atoms with Crippen LogP contribution in [0.3, 0.4) is 0 Å². The highest BCUT2D eigenvalue weighted by atomic mass is 19.1. The van der Waals surface area contributed by atoms with Gasteiger partial charge in [0.1, 0.15) is 11.6 Å². The Kier molecular flexibility index (Phi) is 7.87. The third-order valence-electron chi connectivity index (χ3n) is 6.15. The van der Waals surface area contributed by atoms with Gasteiger partial charge in [-0.05, 0) is 68.0 Å². The number of carbonyl (C=O) groups is 2. The van der Waals surface area contributed by atoms with Crippen LogP contribution >= 0.6 is 0 Å². The smallest absolute Gasteiger partial charge is 0.295 e. The third-order valence-corrected chi connectivity index (χ3v) is 6.15. The van der Waals surface area contributed by atoms with Crippen LogP contribution in [0.5, 0.6) is 0 Å². The van der Waals surface area contributed by atoms with Crippen LogP contribution in [-0.4, -0.2) is 66.9 Å². The summed E-state index contributed by atoms with van der Waals surface area (Å²) in [5, 5.41) is 11.0. The highest BCUT2D eigenvalue weighted by Crippen LogP contribution is 2.39. The Morgan fingerprint density at radius 1 is 1.00 bits per heavy atom. The highest BCUT2D eigenvalue weighted by Gasteiger charge is 2.45. The number of hydrogen-bond acceptors (Lipinski definition) is 5. The van der Waals surface area contributed by atoms with Gasteiger partial charge in [0.25, 0.3) is 11.7 Å². The van der Waals surface area contributed by atoms with Crippen molar-refractivity contribution in [3.05, 3.63) is 71.0 Å². The first-order valence-electron chi connectivity index (χ1n) is 11.3. The molecule has 33 heavy (non-hydrogen) atoms. The van der Waals surface area contributed by atoms with Crippen molar-refractivity contribution in [3.8, 4) is 0 Å². The third kappa shape index (κ3) is 5.25. The maximum atomic E-state index is 13.4. The minimum absolute atomic E-state index is 0.0343. The highest BCUT2D eigenvalue weighted by molar-refractivity contribution is 6.46. The molecule has 0 aromatic heterocycles. The maximum Gasteiger partial charge on any atom is 0.295 e. The molecule has 6 nitrogen and oxygen atoms in total. The van der Waals surface area contributed by atoms with E-state index in [0.29, 0.717) is 18.5 Å². The molecular weight excluding hydrogens is 421 g/mol. The number of amides is 1. The van der Waals surface area contributed by atoms with Gasteiger partial charge in [-0.15, -0.1) is 0 Å². The lowest BCUT2D eigenvalue weighted by atomic mass is 9.95. The summed E-state index contributed by atoms with van der Waals surface area (Å²) in [6.45, 7) is 7.20. The molecule has 1 fully saturated rings. The number of likely N-dealkylation sites (tertiary alicyclic amines) is 1. The van der Waals surface area contributed by atoms with E-state index in [1.165, 1.54) is 24.3 Å². The first-order valence-corrected chi connectivity index (χ1v) is 11.3. The fourth-order valence-electron chi connectivity index (χ4n) is 4.18. The van der Waals surface area contributed by atoms with Gasteiger partial charge < -0.3 is 19.8 Å². The van der Waals surface area contributed by atoms with Gasteiger partial charge in [-0.1, -0.05) is 26.0 Å². The average molecular weight is 454 g/mol. The number of benzene rings is 2. The molecule has 0 aliphatic carbocycles. The molecule has 0 bridgehead atoms. The summed E-state index contributed by atoms with van der Waals surface area (Å²) < 4.78 is 13.4. The molecule has 176 valence electrons. The number of Topliss-reactive ketones (excluding diaryl/α,β-unsaturated/α-hetero) is 1. The number of halogens is 1. The van der Waals surface area contributed by atoms with Gasteiger partial charge in [0.05, 0.1) is 11.6 Å². The maximum absolute atomic E-state index is 13.4. The summed E-state index contributed by atoms with van der Waals surface area (Å²) in [5.74, 6) is -2.08. The number of nitrogens with zero attached hydrogens (tertiary/aromatic N) is 3. The van der Waals surface area contributed by atoms with E-state index in [1.54, 1.807) is 4.90 Å². The summed E-state index contributed by atoms with van der Waals surface area (Å²) in [5.41, 5.74) is 2.06. The van der Waals surface area contributed by atoms with E-state index >= 15 is 0 Å². The first kappa shape index (κ1) is 24.5. The molecule has 2 aromatic carbocycles. The van der Waals surface area contributed by atoms with Crippen molar-refractivity contribution in [1.82, 2.24) is 9.80 Å². The normalized spacial score (nSPS) is 17.8. The second-order valence-electron chi connectivity index (χ2n) is 8.37. The molecule has 1 saturated heterocycles. The summed E-state index contributed by atoms with van der Waals surface area (Å²) in [6.07, 6.45) is 0.706. The molecule has 1 N–H and O–H groups in total. The fourth-order valence-corrected chi connectivity index (χ4v) is 4.18. The standard InChI is InChI=1S/C26H32FN3O3/c1-5-29(6-2)16-7-17-30-23(18-10-14-21(15-11-18)28(3)4)22(25(32)26(30)33)24(31)19-8-12-20(27)13-9-19/h8-15,23,31H,5-7,16-17H2,1-4H3/b24-22+. The molecule has 1 amide bonds. The molecule has 1 aliphatic rings. The molecule has 0 radical (unpaired) electrons. The second kappa shape index (κ2) is 10.6. The van der Waals surface area contributed by atoms with Crippen molar-refractivity contribution in [2.24, 2.45) is 0 Å². The van der Waals surface area contributed by atoms with Crippen molar-refractivity contribution >= 4 is 23.1 Å². The van der Waals surface area contributed by atoms with Gasteiger partial charge in [-0.2, -0.15) is 0 Å². The van der Waals surface area contributed by atoms with Crippen LogP contribution in [0.15, 0.2) is 54.1 Å². The summed E-state index contributed by atoms with van der Waals surface area (Å²) in [6, 6.07) is 12.1. The Labute approximate surface area is 194 Å². The number of carbonyl (C=O) groups excluding carboxylic acids is 2. The molecule has 1 heterocycles. The van der Waals surface area contributed by atoms with Crippen molar-refractivity contribution in [1.29, 1.82) is 0 Å². The van der Waals surface area contributed by atoms with Crippen molar-refractivity contribution in [2.75, 3.05) is 45.2 Å². The molecule has 1 unspecified atom stereocenters. The predicted octanol–water partition coefficient (Wildman–Crippen LogP) is 4.05. The topological polar surface area (TPSA) is 64.1 Å². The quantitative estimate of drug-likeness (QED) is 0.353. The van der Waals surface area contributed by atoms with Crippen LogP contribution in [0.2, 0.25) is 0 Å². The van der Waals surface area contributed by atoms with Gasteiger partial charge >= 0.3 is 0 Å². The number of hydrogen-bond donors (Lipinski definition) is 1. The molecule has 1 aliphatic heterocycles. The van der Waals surface area contributed by atoms with E-state index in [1.807, 2.05) is 43.3 Å². The molecule has 0 saturated carbocycles. The van der Waals surface area contributed by atoms with Gasteiger partial charge in [-0.25, -0.2) is 4.39 Å². The van der Waals surface area contributed by atoms with Crippen LogP contribution in [0.1, 0.15) is 37.4 Å². The average Bonchev–Trinajstić information content (AvgIpc) is 3.07. The van der Waals surface area contributed by atoms with Crippen LogP contribution in [0.4, 0.5) is 10.1 Å². The van der Waals surface area contributed by atoms with Crippen molar-refractivity contribution < 1.29 is 19.1 Å². The lowest BCUT2D eigenvalue weighted by molar-refractivity contribution is -0.140. The van der Waals surface area contributed by atoms with E-state index in [0.717, 1.165) is 30.9 Å². The second-order valence-corrected chi connectivity index (χ2v) is 8.37. The van der Waals surface area contributed by atoms with E-state index in [4.69, 9.17) is 0 Å². The van der Waals surface area contributed by atoms with E-state index in [-0.39, 0.29) is 11.3 Å². The first-order chi connectivity index (χ1) is 15.8. The molecule has 7 heteroatoms. The van der Waals surface area contributed by atoms with Crippen LogP contribution in [0, 0.1) is 5.82 Å². The SMILES string of the molecule is CCN(CC)CCCN1C(=O)C(=O)/C(=C(/O)c2ccc(F)cc2)C1c1ccc(N(C)C)cc1. The van der Waals surface area contributed by atoms with E-state index < -0.39 is 23.5 Å². The minimum Gasteiger partial charge on any atom is -0.507 e. The van der Waals surface area contributed by atoms with Crippen molar-refractivity contribution in [2.45, 2.75) is 26.3 Å². The Hall–Kier alpha value is -3.19. The van der Waals surface area contributed by atoms with Crippen molar-refractivity contribution in [3.63, 3.8) is 0 Å². The van der Waals surface area contributed by atoms with E-state index in [2.05, 4.69) is 18.7 Å². The molecule has 0 spiro atoms. The molecule has 2 aromatic rings. The van der Waals surface area contributed by atoms with Gasteiger partial charge in [0.2, 0.25) is 0 Å². The Balaban J connectivity index is 2.03. The Morgan fingerprint density at radius 3 is 2.15 bits per heavy atom. The fraction of sp³-hybridized carbons (Fsp3) is 0.385. The minimum atomic E-state index is -0.721. The Morgan fingerprint density at radius 2 is 1.61 bits per heavy atom. The van der Waals surface area contributed by atoms with Crippen LogP contribution in [0.25, 0.3) is 5.76 Å². The zero-order valence-corrected chi connectivity index (χ0v) is 19.7. The zero-order chi connectivity index (χ0) is 24.1. The predicted molar refractivity (Wildman–Crippen MR) is 129 cm³/mol.